The zero-order valence-electron chi connectivity index (χ0n) is 17.7. The Bertz CT molecular complexity index is 1140. The lowest BCUT2D eigenvalue weighted by molar-refractivity contribution is 0.391. The molecular formula is C24H29N3O2S. The van der Waals surface area contributed by atoms with Gasteiger partial charge >= 0.3 is 0 Å². The number of fused-ring (bicyclic) bond motifs is 1. The van der Waals surface area contributed by atoms with E-state index < -0.39 is 10.0 Å². The standard InChI is InChI=1S/C24H29N3O2S/c1-17(2)24-16-25-14-15-27(24)23-13-12-22(20-6-4-5-7-21(20)23)26-30(28,29)19-10-8-18(3)9-11-19/h4-13,17,24-26H,14-16H2,1-3H3. The molecule has 1 aliphatic heterocycles. The molecule has 3 aromatic rings. The van der Waals surface area contributed by atoms with Crippen molar-refractivity contribution in [3.63, 3.8) is 0 Å². The fourth-order valence-corrected chi connectivity index (χ4v) is 5.24. The lowest BCUT2D eigenvalue weighted by Crippen LogP contribution is -2.53. The highest BCUT2D eigenvalue weighted by Crippen LogP contribution is 2.35. The largest absolute Gasteiger partial charge is 0.365 e. The predicted octanol–water partition coefficient (Wildman–Crippen LogP) is 4.38. The Morgan fingerprint density at radius 2 is 1.70 bits per heavy atom. The Morgan fingerprint density at radius 1 is 1.00 bits per heavy atom. The maximum Gasteiger partial charge on any atom is 0.261 e. The van der Waals surface area contributed by atoms with Crippen LogP contribution in [-0.4, -0.2) is 34.1 Å². The number of piperazine rings is 1. The van der Waals surface area contributed by atoms with E-state index in [0.717, 1.165) is 41.7 Å². The molecule has 5 nitrogen and oxygen atoms in total. The number of sulfonamides is 1. The molecule has 1 unspecified atom stereocenters. The summed E-state index contributed by atoms with van der Waals surface area (Å²) in [5.74, 6) is 0.510. The van der Waals surface area contributed by atoms with Crippen LogP contribution in [0, 0.1) is 12.8 Å². The Balaban J connectivity index is 1.75. The van der Waals surface area contributed by atoms with Gasteiger partial charge in [-0.3, -0.25) is 4.72 Å². The summed E-state index contributed by atoms with van der Waals surface area (Å²) in [6, 6.07) is 19.3. The summed E-state index contributed by atoms with van der Waals surface area (Å²) in [5.41, 5.74) is 2.79. The third-order valence-corrected chi connectivity index (χ3v) is 7.22. The Hall–Kier alpha value is -2.57. The van der Waals surface area contributed by atoms with Crippen LogP contribution in [0.15, 0.2) is 65.6 Å². The van der Waals surface area contributed by atoms with Crippen LogP contribution in [0.5, 0.6) is 0 Å². The SMILES string of the molecule is Cc1ccc(S(=O)(=O)Nc2ccc(N3CCNCC3C(C)C)c3ccccc23)cc1. The smallest absolute Gasteiger partial charge is 0.261 e. The molecular weight excluding hydrogens is 394 g/mol. The molecule has 0 spiro atoms. The molecule has 0 amide bonds. The first-order chi connectivity index (χ1) is 14.4. The highest BCUT2D eigenvalue weighted by atomic mass is 32.2. The van der Waals surface area contributed by atoms with Gasteiger partial charge in [0.25, 0.3) is 10.0 Å². The van der Waals surface area contributed by atoms with Gasteiger partial charge in [-0.2, -0.15) is 0 Å². The van der Waals surface area contributed by atoms with Crippen molar-refractivity contribution in [1.82, 2.24) is 5.32 Å². The molecule has 0 aromatic heterocycles. The first kappa shape index (κ1) is 20.7. The second kappa shape index (κ2) is 8.28. The molecule has 0 aliphatic carbocycles. The van der Waals surface area contributed by atoms with E-state index in [1.807, 2.05) is 43.3 Å². The molecule has 0 saturated carbocycles. The molecule has 30 heavy (non-hydrogen) atoms. The van der Waals surface area contributed by atoms with Crippen LogP contribution in [0.4, 0.5) is 11.4 Å². The van der Waals surface area contributed by atoms with Gasteiger partial charge in [-0.05, 0) is 37.1 Å². The number of hydrogen-bond donors (Lipinski definition) is 2. The number of benzene rings is 3. The summed E-state index contributed by atoms with van der Waals surface area (Å²) in [6.07, 6.45) is 0. The van der Waals surface area contributed by atoms with Gasteiger partial charge < -0.3 is 10.2 Å². The van der Waals surface area contributed by atoms with Crippen molar-refractivity contribution < 1.29 is 8.42 Å². The number of aryl methyl sites for hydroxylation is 1. The molecule has 3 aromatic carbocycles. The van der Waals surface area contributed by atoms with Gasteiger partial charge in [0.15, 0.2) is 0 Å². The van der Waals surface area contributed by atoms with E-state index in [0.29, 0.717) is 17.6 Å². The fraction of sp³-hybridized carbons (Fsp3) is 0.333. The molecule has 1 heterocycles. The molecule has 6 heteroatoms. The van der Waals surface area contributed by atoms with Crippen LogP contribution < -0.4 is 14.9 Å². The van der Waals surface area contributed by atoms with Gasteiger partial charge in [0.05, 0.1) is 10.6 Å². The maximum absolute atomic E-state index is 13.0. The number of rotatable bonds is 5. The number of nitrogens with zero attached hydrogens (tertiary/aromatic N) is 1. The monoisotopic (exact) mass is 423 g/mol. The van der Waals surface area contributed by atoms with Crippen molar-refractivity contribution in [2.45, 2.75) is 31.7 Å². The van der Waals surface area contributed by atoms with Crippen LogP contribution in [0.1, 0.15) is 19.4 Å². The highest BCUT2D eigenvalue weighted by Gasteiger charge is 2.27. The van der Waals surface area contributed by atoms with Crippen molar-refractivity contribution in [2.75, 3.05) is 29.3 Å². The van der Waals surface area contributed by atoms with Gasteiger partial charge in [0.2, 0.25) is 0 Å². The molecule has 4 rings (SSSR count). The minimum Gasteiger partial charge on any atom is -0.365 e. The van der Waals surface area contributed by atoms with Crippen LogP contribution in [-0.2, 0) is 10.0 Å². The van der Waals surface area contributed by atoms with Crippen LogP contribution in [0.25, 0.3) is 10.8 Å². The van der Waals surface area contributed by atoms with Crippen LogP contribution in [0.2, 0.25) is 0 Å². The lowest BCUT2D eigenvalue weighted by atomic mass is 9.98. The third-order valence-electron chi connectivity index (χ3n) is 5.84. The molecule has 1 aliphatic rings. The first-order valence-electron chi connectivity index (χ1n) is 10.5. The normalized spacial score (nSPS) is 17.5. The lowest BCUT2D eigenvalue weighted by Gasteiger charge is -2.41. The molecule has 0 bridgehead atoms. The zero-order chi connectivity index (χ0) is 21.3. The highest BCUT2D eigenvalue weighted by molar-refractivity contribution is 7.92. The Kier molecular flexibility index (Phi) is 5.71. The molecule has 1 atom stereocenters. The minimum atomic E-state index is -3.66. The summed E-state index contributed by atoms with van der Waals surface area (Å²) < 4.78 is 28.7. The summed E-state index contributed by atoms with van der Waals surface area (Å²) >= 11 is 0. The second-order valence-corrected chi connectivity index (χ2v) is 9.99. The average molecular weight is 424 g/mol. The molecule has 0 radical (unpaired) electrons. The molecule has 1 fully saturated rings. The molecule has 2 N–H and O–H groups in total. The quantitative estimate of drug-likeness (QED) is 0.639. The predicted molar refractivity (Wildman–Crippen MR) is 125 cm³/mol. The van der Waals surface area contributed by atoms with Gasteiger partial charge in [0, 0.05) is 42.1 Å². The third kappa shape index (κ3) is 4.02. The van der Waals surface area contributed by atoms with E-state index in [2.05, 4.69) is 40.9 Å². The molecule has 158 valence electrons. The van der Waals surface area contributed by atoms with E-state index in [1.165, 1.54) is 0 Å². The second-order valence-electron chi connectivity index (χ2n) is 8.31. The van der Waals surface area contributed by atoms with Gasteiger partial charge in [-0.15, -0.1) is 0 Å². The number of anilines is 2. The van der Waals surface area contributed by atoms with E-state index in [4.69, 9.17) is 0 Å². The van der Waals surface area contributed by atoms with Crippen molar-refractivity contribution in [3.05, 3.63) is 66.2 Å². The van der Waals surface area contributed by atoms with Crippen molar-refractivity contribution in [2.24, 2.45) is 5.92 Å². The van der Waals surface area contributed by atoms with E-state index in [1.54, 1.807) is 12.1 Å². The Morgan fingerprint density at radius 3 is 2.40 bits per heavy atom. The number of nitrogens with one attached hydrogen (secondary N) is 2. The van der Waals surface area contributed by atoms with Crippen LogP contribution >= 0.6 is 0 Å². The zero-order valence-corrected chi connectivity index (χ0v) is 18.5. The summed E-state index contributed by atoms with van der Waals surface area (Å²) in [5, 5.41) is 5.47. The fourth-order valence-electron chi connectivity index (χ4n) is 4.16. The number of hydrogen-bond acceptors (Lipinski definition) is 4. The summed E-state index contributed by atoms with van der Waals surface area (Å²) in [4.78, 5) is 2.73. The van der Waals surface area contributed by atoms with Gasteiger partial charge in [-0.25, -0.2) is 8.42 Å². The van der Waals surface area contributed by atoms with E-state index in [-0.39, 0.29) is 4.90 Å². The van der Waals surface area contributed by atoms with Crippen molar-refractivity contribution in [1.29, 1.82) is 0 Å². The van der Waals surface area contributed by atoms with E-state index >= 15 is 0 Å². The maximum atomic E-state index is 13.0. The van der Waals surface area contributed by atoms with Gasteiger partial charge in [-0.1, -0.05) is 55.8 Å². The topological polar surface area (TPSA) is 61.4 Å². The van der Waals surface area contributed by atoms with Gasteiger partial charge in [0.1, 0.15) is 0 Å². The minimum absolute atomic E-state index is 0.267. The average Bonchev–Trinajstić information content (AvgIpc) is 2.74. The Labute approximate surface area is 179 Å². The molecule has 1 saturated heterocycles. The van der Waals surface area contributed by atoms with E-state index in [9.17, 15) is 8.42 Å². The van der Waals surface area contributed by atoms with Crippen molar-refractivity contribution >= 4 is 32.2 Å². The van der Waals surface area contributed by atoms with Crippen LogP contribution in [0.3, 0.4) is 0 Å². The summed E-state index contributed by atoms with van der Waals surface area (Å²) in [6.45, 7) is 9.26. The van der Waals surface area contributed by atoms with Crippen molar-refractivity contribution in [3.8, 4) is 0 Å². The summed E-state index contributed by atoms with van der Waals surface area (Å²) in [7, 11) is -3.66. The first-order valence-corrected chi connectivity index (χ1v) is 11.9.